The minimum Gasteiger partial charge on any atom is -0.408 e. The van der Waals surface area contributed by atoms with Crippen molar-refractivity contribution in [3.8, 4) is 0 Å². The molecule has 1 N–H and O–H groups in total. The number of benzene rings is 2. The van der Waals surface area contributed by atoms with Gasteiger partial charge in [0, 0.05) is 62.3 Å². The van der Waals surface area contributed by atoms with Crippen LogP contribution in [0.3, 0.4) is 0 Å². The van der Waals surface area contributed by atoms with E-state index in [1.165, 1.54) is 4.57 Å². The Balaban J connectivity index is 1.42. The quantitative estimate of drug-likeness (QED) is 0.737. The van der Waals surface area contributed by atoms with Crippen molar-refractivity contribution in [2.75, 3.05) is 36.4 Å². The lowest BCUT2D eigenvalue weighted by Crippen LogP contribution is -2.48. The molecule has 1 amide bonds. The average Bonchev–Trinajstić information content (AvgIpc) is 3.01. The first-order chi connectivity index (χ1) is 13.9. The molecule has 0 aliphatic carbocycles. The van der Waals surface area contributed by atoms with E-state index in [2.05, 4.69) is 29.0 Å². The predicted molar refractivity (Wildman–Crippen MR) is 115 cm³/mol. The molecule has 0 saturated carbocycles. The number of fused-ring (bicyclic) bond motifs is 1. The summed E-state index contributed by atoms with van der Waals surface area (Å²) in [6, 6.07) is 13.5. The molecule has 0 atom stereocenters. The highest BCUT2D eigenvalue weighted by atomic mass is 16.4. The highest BCUT2D eigenvalue weighted by Gasteiger charge is 2.19. The van der Waals surface area contributed by atoms with Crippen LogP contribution in [0.2, 0.25) is 0 Å². The molecule has 7 heteroatoms. The number of carbonyl (C=O) groups is 1. The summed E-state index contributed by atoms with van der Waals surface area (Å²) in [4.78, 5) is 29.0. The number of aryl methyl sites for hydroxylation is 1. The number of aromatic nitrogens is 1. The molecular weight excluding hydrogens is 368 g/mol. The van der Waals surface area contributed by atoms with Gasteiger partial charge in [-0.1, -0.05) is 0 Å². The lowest BCUT2D eigenvalue weighted by molar-refractivity contribution is 0.102. The van der Waals surface area contributed by atoms with Crippen molar-refractivity contribution in [2.24, 2.45) is 7.05 Å². The van der Waals surface area contributed by atoms with Gasteiger partial charge in [0.05, 0.1) is 5.52 Å². The summed E-state index contributed by atoms with van der Waals surface area (Å²) in [5.74, 6) is -0.618. The zero-order chi connectivity index (χ0) is 20.5. The molecule has 0 spiro atoms. The number of rotatable bonds is 4. The molecule has 1 fully saturated rings. The molecule has 2 heterocycles. The maximum atomic E-state index is 12.6. The van der Waals surface area contributed by atoms with Crippen LogP contribution in [0.5, 0.6) is 0 Å². The van der Waals surface area contributed by atoms with Crippen LogP contribution in [0.25, 0.3) is 11.1 Å². The SMILES string of the molecule is CC(C)N1CCN(c2ccc(C(=O)Nc3ccc4c(c3)oc(=O)n4C)cc2)CC1. The molecule has 0 unspecified atom stereocenters. The largest absolute Gasteiger partial charge is 0.419 e. The number of carbonyl (C=O) groups excluding carboxylic acids is 1. The van der Waals surface area contributed by atoms with Gasteiger partial charge < -0.3 is 14.6 Å². The van der Waals surface area contributed by atoms with Gasteiger partial charge in [-0.3, -0.25) is 14.3 Å². The predicted octanol–water partition coefficient (Wildman–Crippen LogP) is 2.91. The van der Waals surface area contributed by atoms with Crippen molar-refractivity contribution < 1.29 is 9.21 Å². The number of piperazine rings is 1. The monoisotopic (exact) mass is 394 g/mol. The van der Waals surface area contributed by atoms with Crippen molar-refractivity contribution >= 4 is 28.4 Å². The Hall–Kier alpha value is -3.06. The van der Waals surface area contributed by atoms with Crippen LogP contribution in [0.15, 0.2) is 51.7 Å². The number of anilines is 2. The van der Waals surface area contributed by atoms with E-state index in [1.807, 2.05) is 24.3 Å². The van der Waals surface area contributed by atoms with Crippen LogP contribution in [-0.4, -0.2) is 47.6 Å². The second-order valence-electron chi connectivity index (χ2n) is 7.73. The van der Waals surface area contributed by atoms with Crippen molar-refractivity contribution in [1.29, 1.82) is 0 Å². The Labute approximate surface area is 169 Å². The highest BCUT2D eigenvalue weighted by molar-refractivity contribution is 6.05. The number of oxazole rings is 1. The van der Waals surface area contributed by atoms with Crippen LogP contribution >= 0.6 is 0 Å². The zero-order valence-corrected chi connectivity index (χ0v) is 17.0. The molecule has 1 saturated heterocycles. The Kier molecular flexibility index (Phi) is 5.15. The lowest BCUT2D eigenvalue weighted by atomic mass is 10.1. The van der Waals surface area contributed by atoms with Gasteiger partial charge in [-0.05, 0) is 50.2 Å². The summed E-state index contributed by atoms with van der Waals surface area (Å²) in [5, 5.41) is 2.87. The third-order valence-corrected chi connectivity index (χ3v) is 5.59. The van der Waals surface area contributed by atoms with Crippen molar-refractivity contribution in [1.82, 2.24) is 9.47 Å². The van der Waals surface area contributed by atoms with Crippen LogP contribution in [0.4, 0.5) is 11.4 Å². The van der Waals surface area contributed by atoms with Crippen LogP contribution in [0, 0.1) is 0 Å². The molecule has 1 aliphatic heterocycles. The molecule has 29 heavy (non-hydrogen) atoms. The highest BCUT2D eigenvalue weighted by Crippen LogP contribution is 2.21. The second kappa shape index (κ2) is 7.75. The van der Waals surface area contributed by atoms with Crippen LogP contribution < -0.4 is 16.0 Å². The minimum absolute atomic E-state index is 0.196. The maximum Gasteiger partial charge on any atom is 0.419 e. The van der Waals surface area contributed by atoms with Gasteiger partial charge >= 0.3 is 5.76 Å². The molecule has 7 nitrogen and oxygen atoms in total. The van der Waals surface area contributed by atoms with Gasteiger partial charge in [-0.2, -0.15) is 0 Å². The molecular formula is C22H26N4O3. The molecule has 152 valence electrons. The fraction of sp³-hybridized carbons (Fsp3) is 0.364. The Morgan fingerprint density at radius 1 is 1.03 bits per heavy atom. The van der Waals surface area contributed by atoms with E-state index in [1.54, 1.807) is 25.2 Å². The molecule has 0 radical (unpaired) electrons. The molecule has 1 aromatic heterocycles. The van der Waals surface area contributed by atoms with Crippen molar-refractivity contribution in [3.05, 3.63) is 58.6 Å². The topological polar surface area (TPSA) is 70.7 Å². The molecule has 4 rings (SSSR count). The van der Waals surface area contributed by atoms with Crippen molar-refractivity contribution in [3.63, 3.8) is 0 Å². The van der Waals surface area contributed by atoms with Gasteiger partial charge in [-0.25, -0.2) is 4.79 Å². The molecule has 3 aromatic rings. The smallest absolute Gasteiger partial charge is 0.408 e. The van der Waals surface area contributed by atoms with E-state index >= 15 is 0 Å². The number of hydrogen-bond donors (Lipinski definition) is 1. The molecule has 2 aromatic carbocycles. The number of nitrogens with one attached hydrogen (secondary N) is 1. The molecule has 1 aliphatic rings. The van der Waals surface area contributed by atoms with E-state index in [9.17, 15) is 9.59 Å². The second-order valence-corrected chi connectivity index (χ2v) is 7.73. The summed E-state index contributed by atoms with van der Waals surface area (Å²) in [5.41, 5.74) is 3.45. The summed E-state index contributed by atoms with van der Waals surface area (Å²) >= 11 is 0. The van der Waals surface area contributed by atoms with Gasteiger partial charge in [0.25, 0.3) is 5.91 Å². The first kappa shape index (κ1) is 19.3. The minimum atomic E-state index is -0.423. The van der Waals surface area contributed by atoms with Crippen LogP contribution in [0.1, 0.15) is 24.2 Å². The van der Waals surface area contributed by atoms with Gasteiger partial charge in [0.1, 0.15) is 0 Å². The summed E-state index contributed by atoms with van der Waals surface area (Å²) < 4.78 is 6.61. The standard InChI is InChI=1S/C22H26N4O3/c1-15(2)25-10-12-26(13-11-25)18-7-4-16(5-8-18)21(27)23-17-6-9-19-20(14-17)29-22(28)24(19)3/h4-9,14-15H,10-13H2,1-3H3,(H,23,27). The average molecular weight is 394 g/mol. The van der Waals surface area contributed by atoms with E-state index in [0.29, 0.717) is 28.4 Å². The van der Waals surface area contributed by atoms with Crippen LogP contribution in [-0.2, 0) is 7.05 Å². The summed E-state index contributed by atoms with van der Waals surface area (Å²) in [6.07, 6.45) is 0. The number of amides is 1. The summed E-state index contributed by atoms with van der Waals surface area (Å²) in [7, 11) is 1.65. The fourth-order valence-electron chi connectivity index (χ4n) is 3.74. The Morgan fingerprint density at radius 3 is 2.38 bits per heavy atom. The van der Waals surface area contributed by atoms with E-state index in [4.69, 9.17) is 4.42 Å². The third kappa shape index (κ3) is 3.91. The molecule has 0 bridgehead atoms. The lowest BCUT2D eigenvalue weighted by Gasteiger charge is -2.38. The van der Waals surface area contributed by atoms with E-state index < -0.39 is 5.76 Å². The van der Waals surface area contributed by atoms with Crippen molar-refractivity contribution in [2.45, 2.75) is 19.9 Å². The number of hydrogen-bond acceptors (Lipinski definition) is 5. The Morgan fingerprint density at radius 2 is 1.72 bits per heavy atom. The van der Waals surface area contributed by atoms with Gasteiger partial charge in [0.15, 0.2) is 5.58 Å². The first-order valence-electron chi connectivity index (χ1n) is 9.92. The van der Waals surface area contributed by atoms with Gasteiger partial charge in [0.2, 0.25) is 0 Å². The van der Waals surface area contributed by atoms with E-state index in [0.717, 1.165) is 31.9 Å². The normalized spacial score (nSPS) is 15.2. The number of nitrogens with zero attached hydrogens (tertiary/aromatic N) is 3. The third-order valence-electron chi connectivity index (χ3n) is 5.59. The zero-order valence-electron chi connectivity index (χ0n) is 17.0. The maximum absolute atomic E-state index is 12.6. The fourth-order valence-corrected chi connectivity index (χ4v) is 3.74. The first-order valence-corrected chi connectivity index (χ1v) is 9.92. The summed E-state index contributed by atoms with van der Waals surface area (Å²) in [6.45, 7) is 8.55. The van der Waals surface area contributed by atoms with Gasteiger partial charge in [-0.15, -0.1) is 0 Å². The van der Waals surface area contributed by atoms with E-state index in [-0.39, 0.29) is 5.91 Å². The Bertz CT molecular complexity index is 1070.